The Bertz CT molecular complexity index is 1500. The molecule has 0 aromatic carbocycles. The molecule has 2 saturated carbocycles. The van der Waals surface area contributed by atoms with Gasteiger partial charge in [-0.3, -0.25) is 33.8 Å². The van der Waals surface area contributed by atoms with Gasteiger partial charge in [0.15, 0.2) is 11.6 Å². The molecule has 3 fully saturated rings. The zero-order chi connectivity index (χ0) is 39.6. The van der Waals surface area contributed by atoms with Crippen molar-refractivity contribution in [1.82, 2.24) is 25.5 Å². The molecule has 298 valence electrons. The van der Waals surface area contributed by atoms with Crippen LogP contribution in [0.1, 0.15) is 129 Å². The molecule has 1 saturated heterocycles. The van der Waals surface area contributed by atoms with Crippen LogP contribution in [0.3, 0.4) is 0 Å². The Balaban J connectivity index is 1.54. The third kappa shape index (κ3) is 12.2. The fourth-order valence-corrected chi connectivity index (χ4v) is 7.70. The van der Waals surface area contributed by atoms with Crippen molar-refractivity contribution in [3.63, 3.8) is 0 Å². The molecule has 0 bridgehead atoms. The number of hydrogen-bond acceptors (Lipinski definition) is 10. The quantitative estimate of drug-likeness (QED) is 0.176. The fourth-order valence-electron chi connectivity index (χ4n) is 7.70. The van der Waals surface area contributed by atoms with Crippen LogP contribution in [-0.4, -0.2) is 87.7 Å². The summed E-state index contributed by atoms with van der Waals surface area (Å²) in [6, 6.07) is -1.62. The van der Waals surface area contributed by atoms with Gasteiger partial charge in [0.2, 0.25) is 11.7 Å². The summed E-state index contributed by atoms with van der Waals surface area (Å²) in [5.41, 5.74) is -0.597. The van der Waals surface area contributed by atoms with E-state index in [2.05, 4.69) is 20.6 Å². The van der Waals surface area contributed by atoms with Gasteiger partial charge in [-0.05, 0) is 55.3 Å². The highest BCUT2D eigenvalue weighted by molar-refractivity contribution is 6.38. The number of rotatable bonds is 19. The molecule has 13 heteroatoms. The van der Waals surface area contributed by atoms with Crippen LogP contribution in [0, 0.1) is 40.9 Å². The SMILES string of the molecule is CCC[C@H](CC(=O)[C@@H]1CN(C(=O)OCC(C)C)C[C@@H]1NC(=O)[C@@H](CC(=O)[C@@H](NC(=O)c1cnccn1)C1CCCCC1)C(C)(C)C)C(=O)C(=O)CC1CC1. The summed E-state index contributed by atoms with van der Waals surface area (Å²) in [6.45, 7) is 11.5. The van der Waals surface area contributed by atoms with Gasteiger partial charge in [-0.25, -0.2) is 9.78 Å². The van der Waals surface area contributed by atoms with Crippen molar-refractivity contribution in [2.24, 2.45) is 40.9 Å². The normalized spacial score (nSPS) is 20.8. The highest BCUT2D eigenvalue weighted by atomic mass is 16.6. The smallest absolute Gasteiger partial charge is 0.409 e. The topological polar surface area (TPSA) is 182 Å². The molecule has 0 radical (unpaired) electrons. The number of hydrogen-bond donors (Lipinski definition) is 2. The molecule has 2 heterocycles. The Hall–Kier alpha value is -4.03. The third-order valence-corrected chi connectivity index (χ3v) is 11.1. The Morgan fingerprint density at radius 1 is 0.944 bits per heavy atom. The summed E-state index contributed by atoms with van der Waals surface area (Å²) in [6.07, 6.45) is 10.8. The lowest BCUT2D eigenvalue weighted by Crippen LogP contribution is -2.51. The number of Topliss-reactive ketones (excluding diaryl/α,β-unsaturated/α-hetero) is 4. The van der Waals surface area contributed by atoms with Gasteiger partial charge in [0, 0.05) is 56.6 Å². The lowest BCUT2D eigenvalue weighted by atomic mass is 9.74. The van der Waals surface area contributed by atoms with Gasteiger partial charge in [0.1, 0.15) is 11.5 Å². The minimum absolute atomic E-state index is 0.00968. The molecule has 13 nitrogen and oxygen atoms in total. The van der Waals surface area contributed by atoms with E-state index in [1.165, 1.54) is 23.5 Å². The first-order valence-electron chi connectivity index (χ1n) is 20.0. The van der Waals surface area contributed by atoms with Crippen LogP contribution in [0.5, 0.6) is 0 Å². The number of aromatic nitrogens is 2. The van der Waals surface area contributed by atoms with Crippen LogP contribution in [0.15, 0.2) is 18.6 Å². The van der Waals surface area contributed by atoms with Crippen molar-refractivity contribution in [3.05, 3.63) is 24.3 Å². The van der Waals surface area contributed by atoms with Crippen LogP contribution >= 0.6 is 0 Å². The standard InChI is InChI=1S/C41H61N5O8/c1-7-11-28(37(50)35(49)18-26-14-15-26)19-33(47)29-22-46(40(53)54-24-25(2)3)23-32(29)44-38(51)30(41(4,5)6)20-34(48)36(27-12-9-8-10-13-27)45-39(52)31-21-42-16-17-43-31/h16-17,21,25-30,32,36H,7-15,18-20,22-24H2,1-6H3,(H,44,51)(H,45,52)/t28-,29-,30-,32+,36+/m1/s1. The number of carbonyl (C=O) groups is 7. The van der Waals surface area contributed by atoms with Crippen molar-refractivity contribution in [2.45, 2.75) is 131 Å². The highest BCUT2D eigenvalue weighted by Crippen LogP contribution is 2.35. The lowest BCUT2D eigenvalue weighted by molar-refractivity contribution is -0.140. The minimum atomic E-state index is -0.844. The molecule has 3 aliphatic rings. The highest BCUT2D eigenvalue weighted by Gasteiger charge is 2.45. The van der Waals surface area contributed by atoms with Crippen molar-refractivity contribution >= 4 is 41.0 Å². The van der Waals surface area contributed by atoms with Crippen LogP contribution in [0.4, 0.5) is 4.79 Å². The molecule has 1 aromatic heterocycles. The molecular formula is C41H61N5O8. The van der Waals surface area contributed by atoms with E-state index in [9.17, 15) is 33.6 Å². The largest absolute Gasteiger partial charge is 0.449 e. The Morgan fingerprint density at radius 2 is 1.65 bits per heavy atom. The second-order valence-corrected chi connectivity index (χ2v) is 17.2. The number of amides is 3. The summed E-state index contributed by atoms with van der Waals surface area (Å²) < 4.78 is 5.48. The van der Waals surface area contributed by atoms with Crippen molar-refractivity contribution in [2.75, 3.05) is 19.7 Å². The number of ether oxygens (including phenoxy) is 1. The maximum absolute atomic E-state index is 14.3. The molecule has 3 amide bonds. The molecule has 0 spiro atoms. The van der Waals surface area contributed by atoms with Gasteiger partial charge in [-0.15, -0.1) is 0 Å². The third-order valence-electron chi connectivity index (χ3n) is 11.1. The zero-order valence-corrected chi connectivity index (χ0v) is 33.1. The summed E-state index contributed by atoms with van der Waals surface area (Å²) in [7, 11) is 0. The van der Waals surface area contributed by atoms with E-state index in [4.69, 9.17) is 4.74 Å². The predicted octanol–water partition coefficient (Wildman–Crippen LogP) is 5.30. The number of nitrogens with zero attached hydrogens (tertiary/aromatic N) is 3. The average molecular weight is 752 g/mol. The molecule has 1 aliphatic heterocycles. The first kappa shape index (κ1) is 42.7. The minimum Gasteiger partial charge on any atom is -0.449 e. The average Bonchev–Trinajstić information content (AvgIpc) is 3.86. The molecule has 2 aliphatic carbocycles. The van der Waals surface area contributed by atoms with E-state index in [0.717, 1.165) is 44.9 Å². The van der Waals surface area contributed by atoms with Gasteiger partial charge < -0.3 is 20.3 Å². The van der Waals surface area contributed by atoms with Gasteiger partial charge in [0.05, 0.1) is 30.8 Å². The molecule has 4 rings (SSSR count). The maximum Gasteiger partial charge on any atom is 0.409 e. The predicted molar refractivity (Wildman–Crippen MR) is 201 cm³/mol. The first-order valence-corrected chi connectivity index (χ1v) is 20.0. The van der Waals surface area contributed by atoms with Gasteiger partial charge in [0.25, 0.3) is 5.91 Å². The van der Waals surface area contributed by atoms with Crippen LogP contribution in [-0.2, 0) is 28.7 Å². The summed E-state index contributed by atoms with van der Waals surface area (Å²) in [5.74, 6) is -4.67. The van der Waals surface area contributed by atoms with Gasteiger partial charge >= 0.3 is 6.09 Å². The van der Waals surface area contributed by atoms with Crippen molar-refractivity contribution in [1.29, 1.82) is 0 Å². The molecule has 54 heavy (non-hydrogen) atoms. The number of nitrogens with one attached hydrogen (secondary N) is 2. The van der Waals surface area contributed by atoms with E-state index in [1.54, 1.807) is 0 Å². The molecular weight excluding hydrogens is 690 g/mol. The Labute approximate surface area is 319 Å². The van der Waals surface area contributed by atoms with Crippen LogP contribution < -0.4 is 10.6 Å². The monoisotopic (exact) mass is 751 g/mol. The zero-order valence-electron chi connectivity index (χ0n) is 33.1. The number of carbonyl (C=O) groups excluding carboxylic acids is 7. The van der Waals surface area contributed by atoms with E-state index < -0.39 is 64.7 Å². The Kier molecular flexibility index (Phi) is 15.4. The molecule has 1 aromatic rings. The summed E-state index contributed by atoms with van der Waals surface area (Å²) in [5, 5.41) is 5.94. The number of ketones is 4. The Morgan fingerprint density at radius 3 is 2.24 bits per heavy atom. The second kappa shape index (κ2) is 19.5. The summed E-state index contributed by atoms with van der Waals surface area (Å²) in [4.78, 5) is 104. The van der Waals surface area contributed by atoms with E-state index in [1.807, 2.05) is 41.5 Å². The van der Waals surface area contributed by atoms with E-state index >= 15 is 0 Å². The van der Waals surface area contributed by atoms with E-state index in [-0.39, 0.29) is 74.0 Å². The summed E-state index contributed by atoms with van der Waals surface area (Å²) >= 11 is 0. The fraction of sp³-hybridized carbons (Fsp3) is 0.732. The van der Waals surface area contributed by atoms with Gasteiger partial charge in [-0.1, -0.05) is 67.2 Å². The van der Waals surface area contributed by atoms with Crippen LogP contribution in [0.2, 0.25) is 0 Å². The maximum atomic E-state index is 14.3. The van der Waals surface area contributed by atoms with Crippen molar-refractivity contribution in [3.8, 4) is 0 Å². The van der Waals surface area contributed by atoms with E-state index in [0.29, 0.717) is 12.8 Å². The van der Waals surface area contributed by atoms with Gasteiger partial charge in [-0.2, -0.15) is 0 Å². The first-order chi connectivity index (χ1) is 25.6. The van der Waals surface area contributed by atoms with Crippen LogP contribution in [0.25, 0.3) is 0 Å². The number of likely N-dealkylation sites (tertiary alicyclic amines) is 1. The van der Waals surface area contributed by atoms with Crippen molar-refractivity contribution < 1.29 is 38.3 Å². The molecule has 2 N–H and O–H groups in total. The molecule has 0 unspecified atom stereocenters. The molecule has 5 atom stereocenters. The lowest BCUT2D eigenvalue weighted by Gasteiger charge is -2.34. The second-order valence-electron chi connectivity index (χ2n) is 17.2.